The Bertz CT molecular complexity index is 1130. The van der Waals surface area contributed by atoms with Gasteiger partial charge in [-0.15, -0.1) is 0 Å². The lowest BCUT2D eigenvalue weighted by molar-refractivity contribution is 1.18. The lowest BCUT2D eigenvalue weighted by Gasteiger charge is -2.08. The Morgan fingerprint density at radius 2 is 1.24 bits per heavy atom. The Morgan fingerprint density at radius 1 is 0.720 bits per heavy atom. The van der Waals surface area contributed by atoms with Crippen LogP contribution in [0.2, 0.25) is 0 Å². The van der Waals surface area contributed by atoms with Crippen molar-refractivity contribution in [2.45, 2.75) is 0 Å². The molecule has 3 nitrogen and oxygen atoms in total. The zero-order valence-electron chi connectivity index (χ0n) is 13.3. The number of hydrogen-bond acceptors (Lipinski definition) is 2. The van der Waals surface area contributed by atoms with Crippen LogP contribution in [0.1, 0.15) is 5.56 Å². The third-order valence-corrected chi connectivity index (χ3v) is 4.28. The van der Waals surface area contributed by atoms with E-state index in [1.807, 2.05) is 48.5 Å². The number of nitrogens with zero attached hydrogens (tertiary/aromatic N) is 3. The lowest BCUT2D eigenvalue weighted by atomic mass is 10.1. The highest BCUT2D eigenvalue weighted by Crippen LogP contribution is 2.31. The summed E-state index contributed by atoms with van der Waals surface area (Å²) in [6.45, 7) is 0. The number of para-hydroxylation sites is 2. The van der Waals surface area contributed by atoms with Crippen LogP contribution in [0.3, 0.4) is 0 Å². The summed E-state index contributed by atoms with van der Waals surface area (Å²) < 4.78 is 2.23. The fraction of sp³-hybridized carbons (Fsp3) is 0. The average Bonchev–Trinajstić information content (AvgIpc) is 3.01. The quantitative estimate of drug-likeness (QED) is 0.476. The zero-order chi connectivity index (χ0) is 17.2. The largest absolute Gasteiger partial charge is 0.309 e. The summed E-state index contributed by atoms with van der Waals surface area (Å²) >= 11 is 0. The highest BCUT2D eigenvalue weighted by Gasteiger charge is 2.10. The van der Waals surface area contributed by atoms with Gasteiger partial charge in [0, 0.05) is 16.5 Å². The van der Waals surface area contributed by atoms with Crippen LogP contribution in [-0.4, -0.2) is 4.57 Å². The Labute approximate surface area is 145 Å². The van der Waals surface area contributed by atoms with Crippen LogP contribution in [0.5, 0.6) is 0 Å². The van der Waals surface area contributed by atoms with Crippen molar-refractivity contribution in [2.75, 3.05) is 0 Å². The molecule has 0 amide bonds. The third-order valence-electron chi connectivity index (χ3n) is 4.28. The predicted molar refractivity (Wildman–Crippen MR) is 100.0 cm³/mol. The molecular formula is C22H13N3. The number of rotatable bonds is 2. The lowest BCUT2D eigenvalue weighted by Crippen LogP contribution is -1.93. The summed E-state index contributed by atoms with van der Waals surface area (Å²) in [5.74, 6) is 0. The van der Waals surface area contributed by atoms with E-state index in [1.54, 1.807) is 6.08 Å². The molecule has 0 bridgehead atoms. The molecule has 0 saturated carbocycles. The van der Waals surface area contributed by atoms with Crippen molar-refractivity contribution in [1.82, 2.24) is 4.57 Å². The normalized spacial score (nSPS) is 10.3. The maximum absolute atomic E-state index is 8.88. The second kappa shape index (κ2) is 6.00. The Hall–Kier alpha value is -3.82. The molecule has 0 spiro atoms. The van der Waals surface area contributed by atoms with Crippen molar-refractivity contribution < 1.29 is 0 Å². The minimum atomic E-state index is 0.101. The van der Waals surface area contributed by atoms with Gasteiger partial charge in [-0.1, -0.05) is 48.5 Å². The fourth-order valence-corrected chi connectivity index (χ4v) is 3.18. The summed E-state index contributed by atoms with van der Waals surface area (Å²) in [4.78, 5) is 0. The first-order chi connectivity index (χ1) is 12.3. The van der Waals surface area contributed by atoms with Crippen molar-refractivity contribution in [2.24, 2.45) is 0 Å². The SMILES string of the molecule is N#CC(C#N)=Cc1ccc(-n2c3ccccc3c3ccccc32)cc1. The van der Waals surface area contributed by atoms with E-state index in [9.17, 15) is 0 Å². The van der Waals surface area contributed by atoms with Gasteiger partial charge in [-0.3, -0.25) is 0 Å². The van der Waals surface area contributed by atoms with Gasteiger partial charge in [-0.2, -0.15) is 10.5 Å². The molecular weight excluding hydrogens is 306 g/mol. The average molecular weight is 319 g/mol. The summed E-state index contributed by atoms with van der Waals surface area (Å²) in [5, 5.41) is 20.2. The molecule has 0 aliphatic rings. The van der Waals surface area contributed by atoms with E-state index < -0.39 is 0 Å². The number of benzene rings is 3. The molecule has 4 aromatic rings. The first-order valence-electron chi connectivity index (χ1n) is 7.92. The molecule has 1 heterocycles. The minimum Gasteiger partial charge on any atom is -0.309 e. The molecule has 0 radical (unpaired) electrons. The molecule has 0 unspecified atom stereocenters. The summed E-state index contributed by atoms with van der Waals surface area (Å²) in [6.07, 6.45) is 1.59. The fourth-order valence-electron chi connectivity index (χ4n) is 3.18. The van der Waals surface area contributed by atoms with E-state index in [0.29, 0.717) is 0 Å². The van der Waals surface area contributed by atoms with Crippen LogP contribution in [0.25, 0.3) is 33.6 Å². The highest BCUT2D eigenvalue weighted by molar-refractivity contribution is 6.09. The number of aromatic nitrogens is 1. The Kier molecular flexibility index (Phi) is 3.54. The van der Waals surface area contributed by atoms with Crippen molar-refractivity contribution in [1.29, 1.82) is 10.5 Å². The smallest absolute Gasteiger partial charge is 0.130 e. The van der Waals surface area contributed by atoms with Gasteiger partial charge in [0.05, 0.1) is 11.0 Å². The van der Waals surface area contributed by atoms with E-state index in [4.69, 9.17) is 10.5 Å². The molecule has 1 aromatic heterocycles. The van der Waals surface area contributed by atoms with E-state index in [2.05, 4.69) is 41.0 Å². The summed E-state index contributed by atoms with van der Waals surface area (Å²) in [7, 11) is 0. The molecule has 4 rings (SSSR count). The van der Waals surface area contributed by atoms with Gasteiger partial charge in [-0.25, -0.2) is 0 Å². The second-order valence-corrected chi connectivity index (χ2v) is 5.74. The molecule has 0 atom stereocenters. The van der Waals surface area contributed by atoms with Gasteiger partial charge in [0.15, 0.2) is 0 Å². The van der Waals surface area contributed by atoms with Crippen molar-refractivity contribution in [3.05, 3.63) is 83.9 Å². The topological polar surface area (TPSA) is 52.5 Å². The van der Waals surface area contributed by atoms with Gasteiger partial charge in [0.2, 0.25) is 0 Å². The summed E-state index contributed by atoms with van der Waals surface area (Å²) in [5.41, 5.74) is 4.29. The molecule has 3 heteroatoms. The van der Waals surface area contributed by atoms with Crippen molar-refractivity contribution in [3.63, 3.8) is 0 Å². The van der Waals surface area contributed by atoms with E-state index in [0.717, 1.165) is 22.3 Å². The monoisotopic (exact) mass is 319 g/mol. The zero-order valence-corrected chi connectivity index (χ0v) is 13.3. The second-order valence-electron chi connectivity index (χ2n) is 5.74. The van der Waals surface area contributed by atoms with Crippen LogP contribution >= 0.6 is 0 Å². The van der Waals surface area contributed by atoms with E-state index >= 15 is 0 Å². The van der Waals surface area contributed by atoms with Gasteiger partial charge in [0.25, 0.3) is 0 Å². The summed E-state index contributed by atoms with van der Waals surface area (Å²) in [6, 6.07) is 28.3. The molecule has 0 saturated heterocycles. The molecule has 3 aromatic carbocycles. The van der Waals surface area contributed by atoms with Gasteiger partial charge < -0.3 is 4.57 Å². The van der Waals surface area contributed by atoms with Crippen LogP contribution in [-0.2, 0) is 0 Å². The minimum absolute atomic E-state index is 0.101. The van der Waals surface area contributed by atoms with Gasteiger partial charge >= 0.3 is 0 Å². The Morgan fingerprint density at radius 3 is 1.76 bits per heavy atom. The maximum Gasteiger partial charge on any atom is 0.130 e. The first-order valence-corrected chi connectivity index (χ1v) is 7.92. The standard InChI is InChI=1S/C22H13N3/c23-14-17(15-24)13-16-9-11-18(12-10-16)25-21-7-3-1-5-19(21)20-6-2-4-8-22(20)25/h1-13H. The molecule has 0 N–H and O–H groups in total. The van der Waals surface area contributed by atoms with Crippen molar-refractivity contribution >= 4 is 27.9 Å². The predicted octanol–water partition coefficient (Wildman–Crippen LogP) is 5.21. The number of nitriles is 2. The van der Waals surface area contributed by atoms with E-state index in [-0.39, 0.29) is 5.57 Å². The molecule has 116 valence electrons. The van der Waals surface area contributed by atoms with Crippen LogP contribution in [0.15, 0.2) is 78.4 Å². The number of hydrogen-bond donors (Lipinski definition) is 0. The van der Waals surface area contributed by atoms with Crippen LogP contribution < -0.4 is 0 Å². The maximum atomic E-state index is 8.88. The van der Waals surface area contributed by atoms with Crippen molar-refractivity contribution in [3.8, 4) is 17.8 Å². The molecule has 25 heavy (non-hydrogen) atoms. The highest BCUT2D eigenvalue weighted by atomic mass is 15.0. The van der Waals surface area contributed by atoms with Gasteiger partial charge in [-0.05, 0) is 35.9 Å². The van der Waals surface area contributed by atoms with Crippen LogP contribution in [0, 0.1) is 22.7 Å². The van der Waals surface area contributed by atoms with Crippen LogP contribution in [0.4, 0.5) is 0 Å². The van der Waals surface area contributed by atoms with Gasteiger partial charge in [0.1, 0.15) is 17.7 Å². The molecule has 0 aliphatic heterocycles. The first kappa shape index (κ1) is 14.8. The number of fused-ring (bicyclic) bond motifs is 3. The molecule has 0 fully saturated rings. The number of allylic oxidation sites excluding steroid dienone is 1. The molecule has 0 aliphatic carbocycles. The van der Waals surface area contributed by atoms with E-state index in [1.165, 1.54) is 10.8 Å². The third kappa shape index (κ3) is 2.45. The Balaban J connectivity index is 1.92.